The molecule has 3 aromatic carbocycles. The van der Waals surface area contributed by atoms with Crippen molar-refractivity contribution in [3.8, 4) is 0 Å². The Bertz CT molecular complexity index is 1200. The molecule has 4 rings (SSSR count). The van der Waals surface area contributed by atoms with Crippen LogP contribution in [0.15, 0.2) is 72.8 Å². The molecule has 0 fully saturated rings. The number of amides is 1. The molecule has 0 saturated heterocycles. The fraction of sp³-hybridized carbons (Fsp3) is 0.231. The van der Waals surface area contributed by atoms with E-state index in [0.717, 1.165) is 40.1 Å². The number of aryl methyl sites for hydroxylation is 1. The lowest BCUT2D eigenvalue weighted by atomic mass is 10.1. The Kier molecular flexibility index (Phi) is 6.12. The molecule has 4 aromatic rings. The predicted octanol–water partition coefficient (Wildman–Crippen LogP) is 6.05. The molecule has 4 nitrogen and oxygen atoms in total. The van der Waals surface area contributed by atoms with E-state index < -0.39 is 6.04 Å². The van der Waals surface area contributed by atoms with Crippen LogP contribution in [-0.2, 0) is 11.2 Å². The van der Waals surface area contributed by atoms with Crippen LogP contribution in [-0.4, -0.2) is 15.5 Å². The van der Waals surface area contributed by atoms with Crippen molar-refractivity contribution in [2.75, 3.05) is 5.32 Å². The van der Waals surface area contributed by atoms with Gasteiger partial charge in [0.2, 0.25) is 5.91 Å². The van der Waals surface area contributed by atoms with Gasteiger partial charge >= 0.3 is 0 Å². The molecule has 1 heterocycles. The second-order valence-electron chi connectivity index (χ2n) is 7.85. The van der Waals surface area contributed by atoms with Gasteiger partial charge in [-0.2, -0.15) is 0 Å². The minimum atomic E-state index is -0.395. The molecular formula is C26H26FN3O. The zero-order valence-electron chi connectivity index (χ0n) is 17.8. The molecule has 158 valence electrons. The Morgan fingerprint density at radius 3 is 2.58 bits per heavy atom. The maximum absolute atomic E-state index is 13.4. The molecule has 0 saturated carbocycles. The normalized spacial score (nSPS) is 12.1. The van der Waals surface area contributed by atoms with Crippen molar-refractivity contribution in [1.29, 1.82) is 0 Å². The molecule has 0 aliphatic heterocycles. The lowest BCUT2D eigenvalue weighted by Crippen LogP contribution is -2.27. The number of benzene rings is 3. The SMILES string of the molecule is CCC[C@H](C(=O)Nc1cccc(C)c1)n1c(Cc2ccc(F)cc2)nc2ccccc21. The Balaban J connectivity index is 1.74. The highest BCUT2D eigenvalue weighted by atomic mass is 19.1. The first-order chi connectivity index (χ1) is 15.0. The van der Waals surface area contributed by atoms with Crippen LogP contribution in [0.5, 0.6) is 0 Å². The van der Waals surface area contributed by atoms with Crippen molar-refractivity contribution in [3.05, 3.63) is 95.6 Å². The molecule has 0 aliphatic rings. The van der Waals surface area contributed by atoms with Crippen LogP contribution < -0.4 is 5.32 Å². The third-order valence-corrected chi connectivity index (χ3v) is 5.41. The number of imidazole rings is 1. The van der Waals surface area contributed by atoms with Gasteiger partial charge in [0.1, 0.15) is 17.7 Å². The fourth-order valence-corrected chi connectivity index (χ4v) is 3.95. The molecule has 31 heavy (non-hydrogen) atoms. The summed E-state index contributed by atoms with van der Waals surface area (Å²) >= 11 is 0. The van der Waals surface area contributed by atoms with Crippen LogP contribution in [0.1, 0.15) is 42.8 Å². The van der Waals surface area contributed by atoms with E-state index in [1.165, 1.54) is 12.1 Å². The third kappa shape index (κ3) is 4.66. The number of hydrogen-bond acceptors (Lipinski definition) is 2. The monoisotopic (exact) mass is 415 g/mol. The van der Waals surface area contributed by atoms with Crippen LogP contribution in [0.25, 0.3) is 11.0 Å². The van der Waals surface area contributed by atoms with Gasteiger partial charge in [-0.25, -0.2) is 9.37 Å². The van der Waals surface area contributed by atoms with Gasteiger partial charge in [-0.05, 0) is 60.9 Å². The van der Waals surface area contributed by atoms with Gasteiger partial charge in [0.15, 0.2) is 0 Å². The summed E-state index contributed by atoms with van der Waals surface area (Å²) in [5, 5.41) is 3.08. The average molecular weight is 416 g/mol. The van der Waals surface area contributed by atoms with Crippen molar-refractivity contribution in [2.24, 2.45) is 0 Å². The van der Waals surface area contributed by atoms with Crippen molar-refractivity contribution in [2.45, 2.75) is 39.2 Å². The van der Waals surface area contributed by atoms with Crippen molar-refractivity contribution in [1.82, 2.24) is 9.55 Å². The van der Waals surface area contributed by atoms with Crippen molar-refractivity contribution in [3.63, 3.8) is 0 Å². The van der Waals surface area contributed by atoms with Crippen molar-refractivity contribution < 1.29 is 9.18 Å². The van der Waals surface area contributed by atoms with E-state index in [0.29, 0.717) is 12.8 Å². The number of carbonyl (C=O) groups excluding carboxylic acids is 1. The molecule has 0 bridgehead atoms. The second kappa shape index (κ2) is 9.13. The van der Waals surface area contributed by atoms with E-state index in [4.69, 9.17) is 4.98 Å². The number of para-hydroxylation sites is 2. The summed E-state index contributed by atoms with van der Waals surface area (Å²) in [4.78, 5) is 18.2. The first-order valence-corrected chi connectivity index (χ1v) is 10.6. The number of carbonyl (C=O) groups is 1. The Morgan fingerprint density at radius 2 is 1.84 bits per heavy atom. The summed E-state index contributed by atoms with van der Waals surface area (Å²) in [5.74, 6) is 0.472. The summed E-state index contributed by atoms with van der Waals surface area (Å²) in [6.07, 6.45) is 2.07. The minimum Gasteiger partial charge on any atom is -0.324 e. The summed E-state index contributed by atoms with van der Waals surface area (Å²) in [7, 11) is 0. The van der Waals surface area contributed by atoms with Crippen molar-refractivity contribution >= 4 is 22.6 Å². The van der Waals surface area contributed by atoms with Crippen LogP contribution >= 0.6 is 0 Å². The molecule has 1 amide bonds. The summed E-state index contributed by atoms with van der Waals surface area (Å²) in [6, 6.07) is 21.7. The quantitative estimate of drug-likeness (QED) is 0.399. The summed E-state index contributed by atoms with van der Waals surface area (Å²) < 4.78 is 15.4. The highest BCUT2D eigenvalue weighted by molar-refractivity contribution is 5.95. The lowest BCUT2D eigenvalue weighted by molar-refractivity contribution is -0.119. The average Bonchev–Trinajstić information content (AvgIpc) is 3.11. The van der Waals surface area contributed by atoms with Gasteiger partial charge in [-0.3, -0.25) is 4.79 Å². The van der Waals surface area contributed by atoms with Gasteiger partial charge < -0.3 is 9.88 Å². The van der Waals surface area contributed by atoms with Gasteiger partial charge in [0, 0.05) is 12.1 Å². The molecule has 0 radical (unpaired) electrons. The zero-order valence-corrected chi connectivity index (χ0v) is 17.8. The van der Waals surface area contributed by atoms with Gasteiger partial charge in [0.05, 0.1) is 11.0 Å². The zero-order chi connectivity index (χ0) is 21.8. The highest BCUT2D eigenvalue weighted by Gasteiger charge is 2.25. The standard InChI is InChI=1S/C26H26FN3O/c1-3-7-24(26(31)28-21-9-6-8-18(2)16-21)30-23-11-5-4-10-22(23)29-25(30)17-19-12-14-20(27)15-13-19/h4-6,8-16,24H,3,7,17H2,1-2H3,(H,28,31)/t24-/m1/s1. The molecule has 1 N–H and O–H groups in total. The number of fused-ring (bicyclic) bond motifs is 1. The molecule has 0 spiro atoms. The predicted molar refractivity (Wildman–Crippen MR) is 123 cm³/mol. The Morgan fingerprint density at radius 1 is 1.06 bits per heavy atom. The Labute approximate surface area is 181 Å². The minimum absolute atomic E-state index is 0.0593. The van der Waals surface area contributed by atoms with Gasteiger partial charge in [-0.15, -0.1) is 0 Å². The number of hydrogen-bond donors (Lipinski definition) is 1. The van der Waals surface area contributed by atoms with E-state index >= 15 is 0 Å². The lowest BCUT2D eigenvalue weighted by Gasteiger charge is -2.21. The maximum atomic E-state index is 13.4. The first-order valence-electron chi connectivity index (χ1n) is 10.6. The molecule has 1 aromatic heterocycles. The van der Waals surface area contributed by atoms with E-state index in [1.807, 2.05) is 60.0 Å². The number of nitrogens with one attached hydrogen (secondary N) is 1. The third-order valence-electron chi connectivity index (χ3n) is 5.41. The van der Waals surface area contributed by atoms with E-state index in [9.17, 15) is 9.18 Å². The first kappa shape index (κ1) is 20.8. The fourth-order valence-electron chi connectivity index (χ4n) is 3.95. The number of aromatic nitrogens is 2. The van der Waals surface area contributed by atoms with Crippen LogP contribution in [0.2, 0.25) is 0 Å². The van der Waals surface area contributed by atoms with Crippen LogP contribution in [0.3, 0.4) is 0 Å². The number of halogens is 1. The van der Waals surface area contributed by atoms with E-state index in [2.05, 4.69) is 12.2 Å². The summed E-state index contributed by atoms with van der Waals surface area (Å²) in [5.41, 5.74) is 4.61. The number of nitrogens with zero attached hydrogens (tertiary/aromatic N) is 2. The second-order valence-corrected chi connectivity index (χ2v) is 7.85. The summed E-state index contributed by atoms with van der Waals surface area (Å²) in [6.45, 7) is 4.08. The molecular weight excluding hydrogens is 389 g/mol. The van der Waals surface area contributed by atoms with Crippen LogP contribution in [0, 0.1) is 12.7 Å². The maximum Gasteiger partial charge on any atom is 0.247 e. The molecule has 0 unspecified atom stereocenters. The number of anilines is 1. The smallest absolute Gasteiger partial charge is 0.247 e. The topological polar surface area (TPSA) is 46.9 Å². The molecule has 5 heteroatoms. The Hall–Kier alpha value is -3.47. The molecule has 0 aliphatic carbocycles. The van der Waals surface area contributed by atoms with E-state index in [-0.39, 0.29) is 11.7 Å². The molecule has 1 atom stereocenters. The number of rotatable bonds is 7. The highest BCUT2D eigenvalue weighted by Crippen LogP contribution is 2.27. The van der Waals surface area contributed by atoms with Gasteiger partial charge in [0.25, 0.3) is 0 Å². The van der Waals surface area contributed by atoms with Gasteiger partial charge in [-0.1, -0.05) is 49.7 Å². The largest absolute Gasteiger partial charge is 0.324 e. The van der Waals surface area contributed by atoms with Crippen LogP contribution in [0.4, 0.5) is 10.1 Å². The van der Waals surface area contributed by atoms with E-state index in [1.54, 1.807) is 12.1 Å².